The summed E-state index contributed by atoms with van der Waals surface area (Å²) in [6.45, 7) is 1.50. The fraction of sp³-hybridized carbons (Fsp3) is 0.444. The normalized spacial score (nSPS) is 17.1. The Bertz CT molecular complexity index is 851. The average molecular weight is 438 g/mol. The van der Waals surface area contributed by atoms with Gasteiger partial charge in [-0.2, -0.15) is 13.2 Å². The predicted molar refractivity (Wildman–Crippen MR) is 93.5 cm³/mol. The molecule has 1 unspecified atom stereocenters. The minimum absolute atomic E-state index is 0. The van der Waals surface area contributed by atoms with E-state index in [1.54, 1.807) is 12.1 Å². The molecule has 1 atom stereocenters. The van der Waals surface area contributed by atoms with Crippen molar-refractivity contribution in [2.45, 2.75) is 36.4 Å². The van der Waals surface area contributed by atoms with Crippen molar-refractivity contribution in [1.29, 1.82) is 0 Å². The van der Waals surface area contributed by atoms with Crippen LogP contribution >= 0.6 is 0 Å². The van der Waals surface area contributed by atoms with Gasteiger partial charge in [0.15, 0.2) is 0 Å². The molecule has 2 heterocycles. The van der Waals surface area contributed by atoms with Crippen molar-refractivity contribution in [3.63, 3.8) is 0 Å². The Kier molecular flexibility index (Phi) is 7.55. The van der Waals surface area contributed by atoms with Crippen LogP contribution in [0.5, 0.6) is 0 Å². The van der Waals surface area contributed by atoms with Crippen molar-refractivity contribution in [2.75, 3.05) is 19.6 Å². The molecule has 156 valence electrons. The molecule has 0 aliphatic carbocycles. The number of benzene rings is 1. The van der Waals surface area contributed by atoms with Crippen molar-refractivity contribution < 1.29 is 38.4 Å². The van der Waals surface area contributed by atoms with Gasteiger partial charge in [0.1, 0.15) is 5.76 Å². The third-order valence-corrected chi connectivity index (χ3v) is 6.13. The molecule has 0 bridgehead atoms. The average Bonchev–Trinajstić information content (AvgIpc) is 3.16. The van der Waals surface area contributed by atoms with Crippen molar-refractivity contribution in [1.82, 2.24) is 9.62 Å². The molecule has 0 amide bonds. The van der Waals surface area contributed by atoms with Crippen LogP contribution in [0, 0.1) is 0 Å². The number of alkyl halides is 3. The summed E-state index contributed by atoms with van der Waals surface area (Å²) in [5.41, 5.74) is -1.18. The second kappa shape index (κ2) is 9.30. The number of piperidine rings is 1. The number of hydrogen-bond acceptors (Lipinski definition) is 4. The lowest BCUT2D eigenvalue weighted by Gasteiger charge is -2.33. The number of halogens is 4. The summed E-state index contributed by atoms with van der Waals surface area (Å²) in [6.07, 6.45) is -0.174. The van der Waals surface area contributed by atoms with Crippen LogP contribution in [0.15, 0.2) is 52.0 Å². The SMILES string of the molecule is O=S(=O)(NCC(c1ccco1)N1CCCCC1)c1ccccc1C(F)(F)F.[Cl-]. The smallest absolute Gasteiger partial charge is 0.417 e. The quantitative estimate of drug-likeness (QED) is 0.726. The van der Waals surface area contributed by atoms with E-state index in [4.69, 9.17) is 4.42 Å². The maximum absolute atomic E-state index is 13.2. The third kappa shape index (κ3) is 5.28. The molecule has 10 heteroatoms. The summed E-state index contributed by atoms with van der Waals surface area (Å²) in [6, 6.07) is 7.27. The molecule has 1 aliphatic rings. The topological polar surface area (TPSA) is 62.6 Å². The Morgan fingerprint density at radius 3 is 2.36 bits per heavy atom. The van der Waals surface area contributed by atoms with Crippen LogP contribution < -0.4 is 17.1 Å². The van der Waals surface area contributed by atoms with E-state index in [0.717, 1.165) is 44.5 Å². The summed E-state index contributed by atoms with van der Waals surface area (Å²) in [4.78, 5) is 1.33. The van der Waals surface area contributed by atoms with Gasteiger partial charge < -0.3 is 16.8 Å². The standard InChI is InChI=1S/C18H21F3N2O3S.ClH/c19-18(20,21)14-7-2-3-9-17(14)27(24,25)22-13-15(16-8-6-12-26-16)23-10-4-1-5-11-23;/h2-3,6-9,12,15,22H,1,4-5,10-11,13H2;1H/p-1. The van der Waals surface area contributed by atoms with Crippen molar-refractivity contribution in [2.24, 2.45) is 0 Å². The largest absolute Gasteiger partial charge is 1.00 e. The van der Waals surface area contributed by atoms with E-state index < -0.39 is 26.7 Å². The van der Waals surface area contributed by atoms with E-state index >= 15 is 0 Å². The molecule has 5 nitrogen and oxygen atoms in total. The summed E-state index contributed by atoms with van der Waals surface area (Å²) in [5.74, 6) is 0.587. The predicted octanol–water partition coefficient (Wildman–Crippen LogP) is 0.808. The van der Waals surface area contributed by atoms with Crippen LogP contribution in [0.4, 0.5) is 13.2 Å². The molecule has 1 aromatic heterocycles. The fourth-order valence-corrected chi connectivity index (χ4v) is 4.59. The van der Waals surface area contributed by atoms with E-state index in [1.165, 1.54) is 18.4 Å². The Morgan fingerprint density at radius 2 is 1.75 bits per heavy atom. The zero-order chi connectivity index (χ0) is 19.5. The highest BCUT2D eigenvalue weighted by Gasteiger charge is 2.37. The second-order valence-corrected chi connectivity index (χ2v) is 8.21. The Hall–Kier alpha value is -1.55. The molecule has 1 fully saturated rings. The van der Waals surface area contributed by atoms with Gasteiger partial charge in [-0.25, -0.2) is 13.1 Å². The van der Waals surface area contributed by atoms with Crippen LogP contribution in [0.1, 0.15) is 36.6 Å². The molecule has 1 aliphatic heterocycles. The van der Waals surface area contributed by atoms with Crippen molar-refractivity contribution in [3.8, 4) is 0 Å². The minimum Gasteiger partial charge on any atom is -1.00 e. The number of nitrogens with zero attached hydrogens (tertiary/aromatic N) is 1. The highest BCUT2D eigenvalue weighted by atomic mass is 35.5. The first kappa shape index (κ1) is 22.7. The summed E-state index contributed by atoms with van der Waals surface area (Å²) in [5, 5.41) is 0. The third-order valence-electron chi connectivity index (χ3n) is 4.65. The van der Waals surface area contributed by atoms with Gasteiger partial charge in [0.2, 0.25) is 10.0 Å². The molecular weight excluding hydrogens is 417 g/mol. The highest BCUT2D eigenvalue weighted by Crippen LogP contribution is 2.34. The molecule has 28 heavy (non-hydrogen) atoms. The van der Waals surface area contributed by atoms with Crippen molar-refractivity contribution >= 4 is 10.0 Å². The second-order valence-electron chi connectivity index (χ2n) is 6.47. The maximum Gasteiger partial charge on any atom is 0.417 e. The van der Waals surface area contributed by atoms with Gasteiger partial charge in [-0.1, -0.05) is 18.6 Å². The Labute approximate surface area is 168 Å². The lowest BCUT2D eigenvalue weighted by molar-refractivity contribution is -0.139. The first-order chi connectivity index (χ1) is 12.8. The number of hydrogen-bond donors (Lipinski definition) is 1. The molecule has 1 saturated heterocycles. The zero-order valence-corrected chi connectivity index (χ0v) is 16.5. The van der Waals surface area contributed by atoms with Gasteiger partial charge in [0.25, 0.3) is 0 Å². The molecule has 0 saturated carbocycles. The molecule has 0 spiro atoms. The summed E-state index contributed by atoms with van der Waals surface area (Å²) < 4.78 is 72.5. The Morgan fingerprint density at radius 1 is 1.07 bits per heavy atom. The van der Waals surface area contributed by atoms with E-state index in [-0.39, 0.29) is 25.0 Å². The zero-order valence-electron chi connectivity index (χ0n) is 15.0. The van der Waals surface area contributed by atoms with Crippen molar-refractivity contribution in [3.05, 3.63) is 54.0 Å². The molecule has 2 aromatic rings. The molecule has 0 radical (unpaired) electrons. The maximum atomic E-state index is 13.2. The number of nitrogens with one attached hydrogen (secondary N) is 1. The summed E-state index contributed by atoms with van der Waals surface area (Å²) >= 11 is 0. The van der Waals surface area contributed by atoms with Crippen LogP contribution in [0.25, 0.3) is 0 Å². The first-order valence-electron chi connectivity index (χ1n) is 8.72. The van der Waals surface area contributed by atoms with Gasteiger partial charge in [0.05, 0.1) is 22.8 Å². The molecule has 3 rings (SSSR count). The van der Waals surface area contributed by atoms with Crippen LogP contribution in [0.3, 0.4) is 0 Å². The van der Waals surface area contributed by atoms with Gasteiger partial charge in [0, 0.05) is 6.54 Å². The van der Waals surface area contributed by atoms with Gasteiger partial charge in [-0.15, -0.1) is 0 Å². The molecular formula is C18H21ClF3N2O3S-. The highest BCUT2D eigenvalue weighted by molar-refractivity contribution is 7.89. The van der Waals surface area contributed by atoms with Gasteiger partial charge in [-0.3, -0.25) is 4.90 Å². The number of rotatable bonds is 6. The van der Waals surface area contributed by atoms with Crippen LogP contribution in [0.2, 0.25) is 0 Å². The lowest BCUT2D eigenvalue weighted by Crippen LogP contribution is -3.00. The van der Waals surface area contributed by atoms with E-state index in [9.17, 15) is 21.6 Å². The van der Waals surface area contributed by atoms with Gasteiger partial charge >= 0.3 is 6.18 Å². The van der Waals surface area contributed by atoms with Gasteiger partial charge in [-0.05, 0) is 50.2 Å². The number of furan rings is 1. The minimum atomic E-state index is -4.75. The van der Waals surface area contributed by atoms with E-state index in [0.29, 0.717) is 5.76 Å². The number of sulfonamides is 1. The monoisotopic (exact) mass is 437 g/mol. The van der Waals surface area contributed by atoms with Crippen LogP contribution in [-0.4, -0.2) is 33.0 Å². The first-order valence-corrected chi connectivity index (χ1v) is 10.2. The van der Waals surface area contributed by atoms with E-state index in [1.807, 2.05) is 0 Å². The fourth-order valence-electron chi connectivity index (χ4n) is 3.32. The lowest BCUT2D eigenvalue weighted by atomic mass is 10.1. The van der Waals surface area contributed by atoms with Crippen LogP contribution in [-0.2, 0) is 16.2 Å². The Balaban J connectivity index is 0.00000280. The molecule has 1 aromatic carbocycles. The summed E-state index contributed by atoms with van der Waals surface area (Å²) in [7, 11) is -4.34. The van der Waals surface area contributed by atoms with E-state index in [2.05, 4.69) is 9.62 Å². The molecule has 1 N–H and O–H groups in total. The number of likely N-dealkylation sites (tertiary alicyclic amines) is 1.